The SMILES string of the molecule is CCc1occc1-c1onc(N)c1-c1ccccc1Br. The molecule has 3 aromatic rings. The van der Waals surface area contributed by atoms with E-state index >= 15 is 0 Å². The van der Waals surface area contributed by atoms with Crippen LogP contribution in [-0.4, -0.2) is 5.16 Å². The molecule has 3 rings (SSSR count). The fraction of sp³-hybridized carbons (Fsp3) is 0.133. The number of hydrogen-bond donors (Lipinski definition) is 1. The minimum Gasteiger partial charge on any atom is -0.469 e. The lowest BCUT2D eigenvalue weighted by atomic mass is 10.0. The van der Waals surface area contributed by atoms with Crippen LogP contribution >= 0.6 is 15.9 Å². The van der Waals surface area contributed by atoms with E-state index in [1.54, 1.807) is 6.26 Å². The number of hydrogen-bond acceptors (Lipinski definition) is 4. The lowest BCUT2D eigenvalue weighted by Gasteiger charge is -2.04. The van der Waals surface area contributed by atoms with Crippen molar-refractivity contribution in [3.05, 3.63) is 46.8 Å². The van der Waals surface area contributed by atoms with Crippen LogP contribution in [0.1, 0.15) is 12.7 Å². The minimum absolute atomic E-state index is 0.371. The quantitative estimate of drug-likeness (QED) is 0.766. The van der Waals surface area contributed by atoms with E-state index in [1.165, 1.54) is 0 Å². The number of furan rings is 1. The first-order valence-corrected chi connectivity index (χ1v) is 7.08. The Morgan fingerprint density at radius 3 is 2.75 bits per heavy atom. The molecule has 5 heteroatoms. The zero-order valence-corrected chi connectivity index (χ0v) is 12.5. The molecule has 0 fully saturated rings. The number of nitrogen functional groups attached to an aromatic ring is 1. The molecule has 1 aromatic carbocycles. The lowest BCUT2D eigenvalue weighted by Crippen LogP contribution is -1.90. The van der Waals surface area contributed by atoms with Gasteiger partial charge in [0, 0.05) is 16.5 Å². The van der Waals surface area contributed by atoms with Crippen molar-refractivity contribution in [3.63, 3.8) is 0 Å². The molecule has 0 unspecified atom stereocenters. The summed E-state index contributed by atoms with van der Waals surface area (Å²) < 4.78 is 11.8. The van der Waals surface area contributed by atoms with Gasteiger partial charge in [-0.05, 0) is 12.1 Å². The van der Waals surface area contributed by atoms with Crippen LogP contribution < -0.4 is 5.73 Å². The molecule has 0 saturated carbocycles. The van der Waals surface area contributed by atoms with E-state index in [4.69, 9.17) is 14.7 Å². The second kappa shape index (κ2) is 5.17. The maximum Gasteiger partial charge on any atom is 0.180 e. The first-order chi connectivity index (χ1) is 9.72. The fourth-order valence-electron chi connectivity index (χ4n) is 2.23. The second-order valence-electron chi connectivity index (χ2n) is 4.36. The van der Waals surface area contributed by atoms with Gasteiger partial charge >= 0.3 is 0 Å². The first kappa shape index (κ1) is 13.0. The van der Waals surface area contributed by atoms with Crippen molar-refractivity contribution in [1.29, 1.82) is 0 Å². The maximum atomic E-state index is 5.98. The van der Waals surface area contributed by atoms with E-state index < -0.39 is 0 Å². The van der Waals surface area contributed by atoms with Crippen molar-refractivity contribution in [2.75, 3.05) is 5.73 Å². The van der Waals surface area contributed by atoms with E-state index in [0.717, 1.165) is 33.3 Å². The highest BCUT2D eigenvalue weighted by Gasteiger charge is 2.22. The Hall–Kier alpha value is -2.01. The predicted octanol–water partition coefficient (Wildman–Crippen LogP) is 4.51. The van der Waals surface area contributed by atoms with Gasteiger partial charge in [0.05, 0.1) is 17.4 Å². The van der Waals surface area contributed by atoms with E-state index in [0.29, 0.717) is 11.6 Å². The highest BCUT2D eigenvalue weighted by molar-refractivity contribution is 9.10. The summed E-state index contributed by atoms with van der Waals surface area (Å²) in [5.41, 5.74) is 8.61. The standard InChI is InChI=1S/C15H13BrN2O2/c1-2-12-10(7-8-19-12)14-13(15(17)18-20-14)9-5-3-4-6-11(9)16/h3-8H,2H2,1H3,(H2,17,18). The first-order valence-electron chi connectivity index (χ1n) is 6.29. The molecule has 0 atom stereocenters. The lowest BCUT2D eigenvalue weighted by molar-refractivity contribution is 0.433. The Bertz CT molecular complexity index is 746. The van der Waals surface area contributed by atoms with Crippen molar-refractivity contribution in [3.8, 4) is 22.5 Å². The van der Waals surface area contributed by atoms with Crippen LogP contribution in [0.4, 0.5) is 5.82 Å². The molecule has 2 N–H and O–H groups in total. The molecule has 4 nitrogen and oxygen atoms in total. The van der Waals surface area contributed by atoms with Crippen LogP contribution in [0.25, 0.3) is 22.5 Å². The smallest absolute Gasteiger partial charge is 0.180 e. The molecule has 2 heterocycles. The van der Waals surface area contributed by atoms with E-state index in [1.807, 2.05) is 37.3 Å². The van der Waals surface area contributed by atoms with Crippen LogP contribution in [0.15, 0.2) is 50.0 Å². The van der Waals surface area contributed by atoms with Crippen LogP contribution in [0.2, 0.25) is 0 Å². The second-order valence-corrected chi connectivity index (χ2v) is 5.22. The number of nitrogens with two attached hydrogens (primary N) is 1. The van der Waals surface area contributed by atoms with Crippen LogP contribution in [0, 0.1) is 0 Å². The summed E-state index contributed by atoms with van der Waals surface area (Å²) >= 11 is 3.54. The normalized spacial score (nSPS) is 10.9. The Morgan fingerprint density at radius 2 is 2.00 bits per heavy atom. The number of benzene rings is 1. The summed E-state index contributed by atoms with van der Waals surface area (Å²) in [6.07, 6.45) is 2.43. The van der Waals surface area contributed by atoms with Gasteiger partial charge in [0.15, 0.2) is 11.6 Å². The van der Waals surface area contributed by atoms with Crippen LogP contribution in [0.5, 0.6) is 0 Å². The number of aromatic nitrogens is 1. The number of aryl methyl sites for hydroxylation is 1. The Morgan fingerprint density at radius 1 is 1.20 bits per heavy atom. The third-order valence-corrected chi connectivity index (χ3v) is 3.86. The van der Waals surface area contributed by atoms with Crippen molar-refractivity contribution >= 4 is 21.7 Å². The van der Waals surface area contributed by atoms with Gasteiger partial charge in [-0.3, -0.25) is 0 Å². The number of nitrogens with zero attached hydrogens (tertiary/aromatic N) is 1. The number of rotatable bonds is 3. The van der Waals surface area contributed by atoms with Gasteiger partial charge in [0.25, 0.3) is 0 Å². The zero-order chi connectivity index (χ0) is 14.1. The van der Waals surface area contributed by atoms with Crippen LogP contribution in [0.3, 0.4) is 0 Å². The number of halogens is 1. The average Bonchev–Trinajstić information content (AvgIpc) is 3.05. The van der Waals surface area contributed by atoms with Crippen molar-refractivity contribution in [2.45, 2.75) is 13.3 Å². The molecular formula is C15H13BrN2O2. The molecule has 0 radical (unpaired) electrons. The molecule has 0 saturated heterocycles. The van der Waals surface area contributed by atoms with Gasteiger partial charge in [0.2, 0.25) is 0 Å². The minimum atomic E-state index is 0.371. The fourth-order valence-corrected chi connectivity index (χ4v) is 2.71. The zero-order valence-electron chi connectivity index (χ0n) is 10.9. The van der Waals surface area contributed by atoms with Gasteiger partial charge in [-0.25, -0.2) is 0 Å². The van der Waals surface area contributed by atoms with Crippen molar-refractivity contribution in [2.24, 2.45) is 0 Å². The highest BCUT2D eigenvalue weighted by Crippen LogP contribution is 2.41. The molecule has 0 amide bonds. The summed E-state index contributed by atoms with van der Waals surface area (Å²) in [5.74, 6) is 1.87. The van der Waals surface area contributed by atoms with Gasteiger partial charge < -0.3 is 14.7 Å². The summed E-state index contributed by atoms with van der Waals surface area (Å²) in [6.45, 7) is 2.03. The monoisotopic (exact) mass is 332 g/mol. The highest BCUT2D eigenvalue weighted by atomic mass is 79.9. The van der Waals surface area contributed by atoms with Gasteiger partial charge in [-0.1, -0.05) is 46.2 Å². The van der Waals surface area contributed by atoms with E-state index in [2.05, 4.69) is 21.1 Å². The van der Waals surface area contributed by atoms with E-state index in [9.17, 15) is 0 Å². The third-order valence-electron chi connectivity index (χ3n) is 3.17. The van der Waals surface area contributed by atoms with Crippen LogP contribution in [-0.2, 0) is 6.42 Å². The summed E-state index contributed by atoms with van der Waals surface area (Å²) in [5, 5.41) is 3.91. The van der Waals surface area contributed by atoms with Crippen molar-refractivity contribution < 1.29 is 8.94 Å². The van der Waals surface area contributed by atoms with Gasteiger partial charge in [-0.15, -0.1) is 0 Å². The molecule has 0 spiro atoms. The summed E-state index contributed by atoms with van der Waals surface area (Å²) in [6, 6.07) is 9.71. The van der Waals surface area contributed by atoms with E-state index in [-0.39, 0.29) is 0 Å². The molecule has 2 aromatic heterocycles. The maximum absolute atomic E-state index is 5.98. The van der Waals surface area contributed by atoms with Crippen molar-refractivity contribution in [1.82, 2.24) is 5.16 Å². The molecule has 0 bridgehead atoms. The largest absolute Gasteiger partial charge is 0.469 e. The summed E-state index contributed by atoms with van der Waals surface area (Å²) in [7, 11) is 0. The molecule has 102 valence electrons. The molecule has 0 aliphatic rings. The van der Waals surface area contributed by atoms with Gasteiger partial charge in [0.1, 0.15) is 5.76 Å². The Kier molecular flexibility index (Phi) is 3.36. The Balaban J connectivity index is 2.23. The molecule has 0 aliphatic heterocycles. The predicted molar refractivity (Wildman–Crippen MR) is 81.1 cm³/mol. The Labute approximate surface area is 124 Å². The number of anilines is 1. The molecular weight excluding hydrogens is 320 g/mol. The molecule has 20 heavy (non-hydrogen) atoms. The molecule has 0 aliphatic carbocycles. The summed E-state index contributed by atoms with van der Waals surface area (Å²) in [4.78, 5) is 0. The average molecular weight is 333 g/mol. The topological polar surface area (TPSA) is 65.2 Å². The van der Waals surface area contributed by atoms with Gasteiger partial charge in [-0.2, -0.15) is 0 Å². The third kappa shape index (κ3) is 2.04.